The van der Waals surface area contributed by atoms with Crippen LogP contribution < -0.4 is 4.90 Å². The van der Waals surface area contributed by atoms with Crippen LogP contribution >= 0.6 is 11.3 Å². The van der Waals surface area contributed by atoms with Gasteiger partial charge in [-0.25, -0.2) is 27.2 Å². The molecule has 0 bridgehead atoms. The number of rotatable bonds is 4. The van der Waals surface area contributed by atoms with Gasteiger partial charge in [0, 0.05) is 31.1 Å². The fourth-order valence-electron chi connectivity index (χ4n) is 3.27. The lowest BCUT2D eigenvalue weighted by Gasteiger charge is -2.34. The number of hydrogen-bond donors (Lipinski definition) is 0. The lowest BCUT2D eigenvalue weighted by Crippen LogP contribution is -2.49. The number of aryl methyl sites for hydroxylation is 1. The number of sulfonamides is 1. The molecule has 10 heteroatoms. The third kappa shape index (κ3) is 3.36. The first-order valence-corrected chi connectivity index (χ1v) is 11.1. The van der Waals surface area contributed by atoms with Gasteiger partial charge in [0.15, 0.2) is 0 Å². The molecule has 1 saturated heterocycles. The Balaban J connectivity index is 1.57. The van der Waals surface area contributed by atoms with Gasteiger partial charge in [0.1, 0.15) is 33.5 Å². The van der Waals surface area contributed by atoms with Crippen molar-refractivity contribution >= 4 is 37.4 Å². The molecule has 3 heterocycles. The molecular formula is C18H18F2N4O2S2. The number of nitrogens with zero attached hydrogens (tertiary/aromatic N) is 4. The molecule has 0 atom stereocenters. The second-order valence-corrected chi connectivity index (χ2v) is 9.47. The fourth-order valence-corrected chi connectivity index (χ4v) is 5.70. The lowest BCUT2D eigenvalue weighted by molar-refractivity contribution is 0.381. The maximum atomic E-state index is 14.0. The molecule has 0 N–H and O–H groups in total. The highest BCUT2D eigenvalue weighted by Gasteiger charge is 2.31. The molecule has 0 spiro atoms. The first-order chi connectivity index (χ1) is 13.4. The van der Waals surface area contributed by atoms with Gasteiger partial charge in [-0.15, -0.1) is 11.3 Å². The number of anilines is 1. The summed E-state index contributed by atoms with van der Waals surface area (Å²) in [7, 11) is -4.10. The van der Waals surface area contributed by atoms with Crippen LogP contribution in [0.4, 0.5) is 14.6 Å². The number of hydrogen-bond acceptors (Lipinski definition) is 6. The quantitative estimate of drug-likeness (QED) is 0.644. The Labute approximate surface area is 165 Å². The Morgan fingerprint density at radius 3 is 2.57 bits per heavy atom. The maximum absolute atomic E-state index is 14.0. The average Bonchev–Trinajstić information content (AvgIpc) is 3.13. The Morgan fingerprint density at radius 1 is 1.11 bits per heavy atom. The van der Waals surface area contributed by atoms with Gasteiger partial charge in [-0.05, 0) is 30.7 Å². The summed E-state index contributed by atoms with van der Waals surface area (Å²) < 4.78 is 54.1. The molecule has 0 radical (unpaired) electrons. The van der Waals surface area contributed by atoms with Crippen LogP contribution in [0, 0.1) is 11.6 Å². The van der Waals surface area contributed by atoms with E-state index in [9.17, 15) is 17.2 Å². The Morgan fingerprint density at radius 2 is 1.86 bits per heavy atom. The highest BCUT2D eigenvalue weighted by atomic mass is 32.2. The van der Waals surface area contributed by atoms with E-state index >= 15 is 0 Å². The lowest BCUT2D eigenvalue weighted by atomic mass is 10.2. The van der Waals surface area contributed by atoms with Crippen molar-refractivity contribution < 1.29 is 17.2 Å². The molecule has 1 aromatic carbocycles. The van der Waals surface area contributed by atoms with Gasteiger partial charge >= 0.3 is 0 Å². The summed E-state index contributed by atoms with van der Waals surface area (Å²) >= 11 is 1.62. The maximum Gasteiger partial charge on any atom is 0.246 e. The summed E-state index contributed by atoms with van der Waals surface area (Å²) in [5, 5.41) is 0.955. The van der Waals surface area contributed by atoms with Crippen LogP contribution in [0.3, 0.4) is 0 Å². The van der Waals surface area contributed by atoms with E-state index in [0.717, 1.165) is 40.7 Å². The molecule has 4 rings (SSSR count). The molecule has 0 aliphatic carbocycles. The second kappa shape index (κ2) is 7.34. The topological polar surface area (TPSA) is 66.4 Å². The van der Waals surface area contributed by atoms with Crippen molar-refractivity contribution in [3.63, 3.8) is 0 Å². The van der Waals surface area contributed by atoms with Crippen molar-refractivity contribution in [2.75, 3.05) is 31.1 Å². The van der Waals surface area contributed by atoms with Crippen LogP contribution in [0.5, 0.6) is 0 Å². The summed E-state index contributed by atoms with van der Waals surface area (Å²) in [6.07, 6.45) is 2.42. The number of thiophene rings is 1. The summed E-state index contributed by atoms with van der Waals surface area (Å²) in [5.41, 5.74) is 0. The third-order valence-electron chi connectivity index (χ3n) is 4.76. The van der Waals surface area contributed by atoms with Crippen molar-refractivity contribution in [3.05, 3.63) is 47.1 Å². The van der Waals surface area contributed by atoms with Crippen LogP contribution in [0.2, 0.25) is 0 Å². The monoisotopic (exact) mass is 424 g/mol. The molecule has 3 aromatic rings. The molecule has 1 fully saturated rings. The molecule has 6 nitrogen and oxygen atoms in total. The Bertz CT molecular complexity index is 1130. The molecule has 0 amide bonds. The summed E-state index contributed by atoms with van der Waals surface area (Å²) in [6.45, 7) is 3.20. The van der Waals surface area contributed by atoms with Crippen LogP contribution in [-0.2, 0) is 16.4 Å². The minimum atomic E-state index is -4.10. The van der Waals surface area contributed by atoms with E-state index in [4.69, 9.17) is 0 Å². The zero-order valence-corrected chi connectivity index (χ0v) is 16.7. The van der Waals surface area contributed by atoms with Crippen LogP contribution in [-0.4, -0.2) is 48.9 Å². The highest BCUT2D eigenvalue weighted by molar-refractivity contribution is 7.89. The van der Waals surface area contributed by atoms with E-state index in [2.05, 4.69) is 23.0 Å². The molecular weight excluding hydrogens is 406 g/mol. The van der Waals surface area contributed by atoms with E-state index in [1.165, 1.54) is 15.5 Å². The van der Waals surface area contributed by atoms with Gasteiger partial charge in [0.25, 0.3) is 0 Å². The predicted molar refractivity (Wildman–Crippen MR) is 104 cm³/mol. The minimum absolute atomic E-state index is 0.161. The first-order valence-electron chi connectivity index (χ1n) is 8.83. The molecule has 0 unspecified atom stereocenters. The van der Waals surface area contributed by atoms with Crippen LogP contribution in [0.15, 0.2) is 35.5 Å². The SMILES string of the molecule is CCc1cc2c(N3CCN(S(=O)(=O)c4cc(F)ccc4F)CC3)ncnc2s1. The van der Waals surface area contributed by atoms with E-state index < -0.39 is 26.6 Å². The van der Waals surface area contributed by atoms with Crippen molar-refractivity contribution in [2.24, 2.45) is 0 Å². The normalized spacial score (nSPS) is 16.0. The van der Waals surface area contributed by atoms with Gasteiger partial charge in [0.2, 0.25) is 10.0 Å². The Hall–Kier alpha value is -2.17. The van der Waals surface area contributed by atoms with E-state index in [1.54, 1.807) is 11.3 Å². The van der Waals surface area contributed by atoms with E-state index in [-0.39, 0.29) is 13.1 Å². The largest absolute Gasteiger partial charge is 0.353 e. The van der Waals surface area contributed by atoms with Gasteiger partial charge in [-0.3, -0.25) is 0 Å². The second-order valence-electron chi connectivity index (χ2n) is 6.45. The summed E-state index contributed by atoms with van der Waals surface area (Å²) in [5.74, 6) is -0.965. The molecule has 1 aliphatic heterocycles. The number of piperazine rings is 1. The smallest absolute Gasteiger partial charge is 0.246 e. The number of benzene rings is 1. The third-order valence-corrected chi connectivity index (χ3v) is 7.86. The molecule has 148 valence electrons. The Kier molecular flexibility index (Phi) is 5.02. The molecule has 1 aliphatic rings. The highest BCUT2D eigenvalue weighted by Crippen LogP contribution is 2.31. The van der Waals surface area contributed by atoms with Crippen molar-refractivity contribution in [1.29, 1.82) is 0 Å². The van der Waals surface area contributed by atoms with Gasteiger partial charge in [0.05, 0.1) is 5.39 Å². The van der Waals surface area contributed by atoms with Crippen LogP contribution in [0.1, 0.15) is 11.8 Å². The van der Waals surface area contributed by atoms with Crippen molar-refractivity contribution in [1.82, 2.24) is 14.3 Å². The molecule has 28 heavy (non-hydrogen) atoms. The van der Waals surface area contributed by atoms with Gasteiger partial charge < -0.3 is 4.90 Å². The van der Waals surface area contributed by atoms with Crippen molar-refractivity contribution in [2.45, 2.75) is 18.2 Å². The molecule has 0 saturated carbocycles. The number of halogens is 2. The summed E-state index contributed by atoms with van der Waals surface area (Å²) in [6, 6.07) is 4.53. The van der Waals surface area contributed by atoms with Crippen molar-refractivity contribution in [3.8, 4) is 0 Å². The first kappa shape index (κ1) is 19.2. The van der Waals surface area contributed by atoms with E-state index in [1.807, 2.05) is 4.90 Å². The predicted octanol–water partition coefficient (Wildman–Crippen LogP) is 3.04. The minimum Gasteiger partial charge on any atom is -0.353 e. The van der Waals surface area contributed by atoms with E-state index in [0.29, 0.717) is 13.1 Å². The number of fused-ring (bicyclic) bond motifs is 1. The van der Waals surface area contributed by atoms with Crippen LogP contribution in [0.25, 0.3) is 10.2 Å². The molecule has 2 aromatic heterocycles. The summed E-state index contributed by atoms with van der Waals surface area (Å²) in [4.78, 5) is 12.2. The average molecular weight is 424 g/mol. The van der Waals surface area contributed by atoms with Gasteiger partial charge in [-0.1, -0.05) is 6.92 Å². The standard InChI is InChI=1S/C18H18F2N4O2S2/c1-2-13-10-14-17(21-11-22-18(14)27-13)23-5-7-24(8-6-23)28(25,26)16-9-12(19)3-4-15(16)20/h3-4,9-11H,2,5-8H2,1H3. The zero-order valence-electron chi connectivity index (χ0n) is 15.1. The van der Waals surface area contributed by atoms with Gasteiger partial charge in [-0.2, -0.15) is 4.31 Å². The number of aromatic nitrogens is 2. The fraction of sp³-hybridized carbons (Fsp3) is 0.333. The zero-order chi connectivity index (χ0) is 19.9.